The van der Waals surface area contributed by atoms with E-state index < -0.39 is 0 Å². The number of aliphatic hydroxyl groups is 1. The molecule has 3 heteroatoms. The van der Waals surface area contributed by atoms with Crippen LogP contribution in [0.3, 0.4) is 0 Å². The minimum Gasteiger partial charge on any atom is -0.475 e. The van der Waals surface area contributed by atoms with Gasteiger partial charge in [0.2, 0.25) is 5.88 Å². The predicted molar refractivity (Wildman–Crippen MR) is 35.7 cm³/mol. The van der Waals surface area contributed by atoms with Crippen molar-refractivity contribution in [1.82, 2.24) is 4.98 Å². The second-order valence-electron chi connectivity index (χ2n) is 1.66. The zero-order chi connectivity index (χ0) is 7.23. The fraction of sp³-hybridized carbons (Fsp3) is 0.286. The van der Waals surface area contributed by atoms with E-state index in [4.69, 9.17) is 9.84 Å². The number of aromatic nitrogens is 1. The molecule has 0 saturated heterocycles. The third-order valence-electron chi connectivity index (χ3n) is 0.911. The zero-order valence-corrected chi connectivity index (χ0v) is 5.45. The second-order valence-corrected chi connectivity index (χ2v) is 1.66. The molecule has 1 aromatic heterocycles. The zero-order valence-electron chi connectivity index (χ0n) is 5.45. The Morgan fingerprint density at radius 1 is 1.70 bits per heavy atom. The number of hydrogen-bond acceptors (Lipinski definition) is 3. The van der Waals surface area contributed by atoms with Gasteiger partial charge in [-0.3, -0.25) is 0 Å². The molecule has 1 heterocycles. The van der Waals surface area contributed by atoms with Crippen LogP contribution < -0.4 is 4.74 Å². The average molecular weight is 138 g/mol. The molecule has 1 radical (unpaired) electrons. The van der Waals surface area contributed by atoms with Crippen molar-refractivity contribution >= 4 is 0 Å². The molecule has 0 bridgehead atoms. The molecule has 1 N–H and O–H groups in total. The Morgan fingerprint density at radius 3 is 3.20 bits per heavy atom. The normalized spacial score (nSPS) is 9.30. The molecule has 1 aromatic rings. The highest BCUT2D eigenvalue weighted by molar-refractivity contribution is 5.06. The molecule has 1 rings (SSSR count). The van der Waals surface area contributed by atoms with Crippen LogP contribution in [0, 0.1) is 6.07 Å². The fourth-order valence-electron chi connectivity index (χ4n) is 0.532. The van der Waals surface area contributed by atoms with Gasteiger partial charge in [0.25, 0.3) is 0 Å². The highest BCUT2D eigenvalue weighted by Crippen LogP contribution is 2.00. The van der Waals surface area contributed by atoms with E-state index in [1.165, 1.54) is 0 Å². The van der Waals surface area contributed by atoms with Crippen molar-refractivity contribution in [3.63, 3.8) is 0 Å². The summed E-state index contributed by atoms with van der Waals surface area (Å²) in [7, 11) is 0. The Bertz CT molecular complexity index is 176. The van der Waals surface area contributed by atoms with Gasteiger partial charge in [0.05, 0.1) is 6.61 Å². The number of ether oxygens (including phenoxy) is 1. The van der Waals surface area contributed by atoms with Crippen LogP contribution in [0.25, 0.3) is 0 Å². The van der Waals surface area contributed by atoms with Gasteiger partial charge in [-0.1, -0.05) is 0 Å². The minimum absolute atomic E-state index is 0.00438. The summed E-state index contributed by atoms with van der Waals surface area (Å²) in [5.74, 6) is 0.427. The van der Waals surface area contributed by atoms with Crippen LogP contribution in [-0.4, -0.2) is 23.3 Å². The molecular formula is C7H8NO2. The summed E-state index contributed by atoms with van der Waals surface area (Å²) >= 11 is 0. The molecule has 3 nitrogen and oxygen atoms in total. The molecule has 0 atom stereocenters. The van der Waals surface area contributed by atoms with E-state index in [1.807, 2.05) is 0 Å². The van der Waals surface area contributed by atoms with Crippen molar-refractivity contribution in [3.8, 4) is 5.88 Å². The van der Waals surface area contributed by atoms with Gasteiger partial charge in [-0.2, -0.15) is 0 Å². The maximum Gasteiger partial charge on any atom is 0.221 e. The van der Waals surface area contributed by atoms with Crippen LogP contribution >= 0.6 is 0 Å². The molecular weight excluding hydrogens is 130 g/mol. The van der Waals surface area contributed by atoms with Crippen LogP contribution in [0.4, 0.5) is 0 Å². The summed E-state index contributed by atoms with van der Waals surface area (Å²) in [6.45, 7) is 0.276. The minimum atomic E-state index is 0.00438. The lowest BCUT2D eigenvalue weighted by atomic mass is 10.5. The predicted octanol–water partition coefficient (Wildman–Crippen LogP) is 0.253. The lowest BCUT2D eigenvalue weighted by molar-refractivity contribution is 0.196. The van der Waals surface area contributed by atoms with Crippen molar-refractivity contribution in [2.24, 2.45) is 0 Å². The molecule has 53 valence electrons. The Hall–Kier alpha value is -1.09. The highest BCUT2D eigenvalue weighted by Gasteiger charge is 1.89. The van der Waals surface area contributed by atoms with Crippen molar-refractivity contribution in [3.05, 3.63) is 24.4 Å². The van der Waals surface area contributed by atoms with E-state index in [-0.39, 0.29) is 13.2 Å². The molecule has 0 aliphatic heterocycles. The summed E-state index contributed by atoms with van der Waals surface area (Å²) < 4.78 is 4.94. The van der Waals surface area contributed by atoms with Crippen LogP contribution in [0.15, 0.2) is 18.3 Å². The standard InChI is InChI=1S/C7H8NO2/c9-5-6-10-7-3-1-2-4-8-7/h1-2,4,9H,5-6H2. The molecule has 0 spiro atoms. The smallest absolute Gasteiger partial charge is 0.221 e. The van der Waals surface area contributed by atoms with Gasteiger partial charge in [-0.05, 0) is 12.1 Å². The SMILES string of the molecule is OCCOc1[c]cccn1. The topological polar surface area (TPSA) is 42.4 Å². The van der Waals surface area contributed by atoms with E-state index in [9.17, 15) is 0 Å². The van der Waals surface area contributed by atoms with Crippen LogP contribution in [-0.2, 0) is 0 Å². The lowest BCUT2D eigenvalue weighted by Gasteiger charge is -1.99. The first-order chi connectivity index (χ1) is 4.93. The molecule has 0 unspecified atom stereocenters. The number of aliphatic hydroxyl groups excluding tert-OH is 1. The largest absolute Gasteiger partial charge is 0.475 e. The highest BCUT2D eigenvalue weighted by atomic mass is 16.5. The first kappa shape index (κ1) is 7.02. The summed E-state index contributed by atoms with van der Waals surface area (Å²) in [5.41, 5.74) is 0. The Balaban J connectivity index is 2.43. The first-order valence-corrected chi connectivity index (χ1v) is 3.00. The van der Waals surface area contributed by atoms with E-state index in [2.05, 4.69) is 11.1 Å². The monoisotopic (exact) mass is 138 g/mol. The van der Waals surface area contributed by atoms with Gasteiger partial charge in [0, 0.05) is 12.3 Å². The number of nitrogens with zero attached hydrogens (tertiary/aromatic N) is 1. The summed E-state index contributed by atoms with van der Waals surface area (Å²) in [6.07, 6.45) is 1.61. The van der Waals surface area contributed by atoms with Crippen LogP contribution in [0.2, 0.25) is 0 Å². The Morgan fingerprint density at radius 2 is 2.60 bits per heavy atom. The summed E-state index contributed by atoms with van der Waals surface area (Å²) in [4.78, 5) is 3.83. The average Bonchev–Trinajstić information content (AvgIpc) is 2.03. The number of rotatable bonds is 3. The second kappa shape index (κ2) is 3.85. The molecule has 10 heavy (non-hydrogen) atoms. The third kappa shape index (κ3) is 2.03. The van der Waals surface area contributed by atoms with Gasteiger partial charge in [-0.25, -0.2) is 4.98 Å². The van der Waals surface area contributed by atoms with Crippen molar-refractivity contribution in [2.75, 3.05) is 13.2 Å². The molecule has 0 aliphatic rings. The van der Waals surface area contributed by atoms with Crippen molar-refractivity contribution < 1.29 is 9.84 Å². The van der Waals surface area contributed by atoms with Crippen LogP contribution in [0.5, 0.6) is 5.88 Å². The summed E-state index contributed by atoms with van der Waals surface area (Å²) in [6, 6.07) is 6.22. The van der Waals surface area contributed by atoms with E-state index in [0.29, 0.717) is 5.88 Å². The summed E-state index contributed by atoms with van der Waals surface area (Å²) in [5, 5.41) is 8.36. The molecule has 0 fully saturated rings. The number of hydrogen-bond donors (Lipinski definition) is 1. The fourth-order valence-corrected chi connectivity index (χ4v) is 0.532. The van der Waals surface area contributed by atoms with Gasteiger partial charge in [-0.15, -0.1) is 0 Å². The number of pyridine rings is 1. The van der Waals surface area contributed by atoms with Crippen molar-refractivity contribution in [1.29, 1.82) is 0 Å². The van der Waals surface area contributed by atoms with Crippen molar-refractivity contribution in [2.45, 2.75) is 0 Å². The van der Waals surface area contributed by atoms with Crippen LogP contribution in [0.1, 0.15) is 0 Å². The quantitative estimate of drug-likeness (QED) is 0.651. The molecule has 0 aliphatic carbocycles. The Kier molecular flexibility index (Phi) is 2.70. The maximum absolute atomic E-state index is 8.36. The lowest BCUT2D eigenvalue weighted by Crippen LogP contribution is -2.02. The van der Waals surface area contributed by atoms with E-state index >= 15 is 0 Å². The Labute approximate surface area is 59.3 Å². The van der Waals surface area contributed by atoms with E-state index in [0.717, 1.165) is 0 Å². The third-order valence-corrected chi connectivity index (χ3v) is 0.911. The van der Waals surface area contributed by atoms with Gasteiger partial charge in [0.15, 0.2) is 0 Å². The van der Waals surface area contributed by atoms with Gasteiger partial charge in [0.1, 0.15) is 6.61 Å². The van der Waals surface area contributed by atoms with Gasteiger partial charge < -0.3 is 9.84 Å². The van der Waals surface area contributed by atoms with Gasteiger partial charge >= 0.3 is 0 Å². The molecule has 0 amide bonds. The first-order valence-electron chi connectivity index (χ1n) is 3.00. The molecule has 0 aromatic carbocycles. The van der Waals surface area contributed by atoms with E-state index in [1.54, 1.807) is 18.3 Å². The maximum atomic E-state index is 8.36. The molecule has 0 saturated carbocycles.